The lowest BCUT2D eigenvalue weighted by Gasteiger charge is -1.92. The van der Waals surface area contributed by atoms with Crippen molar-refractivity contribution in [3.63, 3.8) is 0 Å². The number of carboxylic acid groups (broad SMARTS) is 1. The van der Waals surface area contributed by atoms with Gasteiger partial charge in [0.2, 0.25) is 0 Å². The zero-order valence-electron chi connectivity index (χ0n) is 10.1. The minimum atomic E-state index is -0.948. The predicted molar refractivity (Wildman–Crippen MR) is 68.1 cm³/mol. The Morgan fingerprint density at radius 2 is 2.40 bits per heavy atom. The second-order valence-electron chi connectivity index (χ2n) is 3.97. The zero-order chi connectivity index (χ0) is 13.9. The molecule has 3 heterocycles. The minimum Gasteiger partial charge on any atom is -0.481 e. The van der Waals surface area contributed by atoms with E-state index in [1.807, 2.05) is 17.5 Å². The Kier molecular flexibility index (Phi) is 3.25. The van der Waals surface area contributed by atoms with Crippen LogP contribution in [-0.2, 0) is 17.8 Å². The largest absolute Gasteiger partial charge is 0.481 e. The van der Waals surface area contributed by atoms with Crippen molar-refractivity contribution < 1.29 is 14.4 Å². The molecule has 1 N–H and O–H groups in total. The quantitative estimate of drug-likeness (QED) is 0.749. The van der Waals surface area contributed by atoms with Crippen LogP contribution in [0.3, 0.4) is 0 Å². The molecule has 0 atom stereocenters. The highest BCUT2D eigenvalue weighted by atomic mass is 32.1. The van der Waals surface area contributed by atoms with Gasteiger partial charge in [-0.1, -0.05) is 16.4 Å². The highest BCUT2D eigenvalue weighted by Crippen LogP contribution is 2.22. The highest BCUT2D eigenvalue weighted by molar-refractivity contribution is 7.13. The Morgan fingerprint density at radius 1 is 1.50 bits per heavy atom. The van der Waals surface area contributed by atoms with Crippen molar-refractivity contribution in [1.82, 2.24) is 25.1 Å². The molecule has 3 aromatic heterocycles. The summed E-state index contributed by atoms with van der Waals surface area (Å²) in [7, 11) is 0. The third kappa shape index (κ3) is 2.72. The summed E-state index contributed by atoms with van der Waals surface area (Å²) in [5, 5.41) is 22.0. The van der Waals surface area contributed by atoms with E-state index in [0.29, 0.717) is 17.4 Å². The smallest absolute Gasteiger partial charge is 0.309 e. The van der Waals surface area contributed by atoms with Gasteiger partial charge in [0.25, 0.3) is 5.89 Å². The lowest BCUT2D eigenvalue weighted by Crippen LogP contribution is -2.02. The molecule has 20 heavy (non-hydrogen) atoms. The molecule has 0 aromatic carbocycles. The zero-order valence-corrected chi connectivity index (χ0v) is 10.9. The van der Waals surface area contributed by atoms with Gasteiger partial charge in [0.05, 0.1) is 17.0 Å². The molecule has 0 aliphatic heterocycles. The van der Waals surface area contributed by atoms with E-state index < -0.39 is 5.97 Å². The fourth-order valence-electron chi connectivity index (χ4n) is 1.62. The van der Waals surface area contributed by atoms with Gasteiger partial charge in [-0.05, 0) is 11.4 Å². The third-order valence-electron chi connectivity index (χ3n) is 2.42. The number of thiophene rings is 1. The molecule has 0 saturated heterocycles. The first-order valence-electron chi connectivity index (χ1n) is 5.68. The van der Waals surface area contributed by atoms with Gasteiger partial charge in [0.1, 0.15) is 6.54 Å². The predicted octanol–water partition coefficient (Wildman–Crippen LogP) is 1.06. The molecule has 9 heteroatoms. The van der Waals surface area contributed by atoms with E-state index >= 15 is 0 Å². The SMILES string of the molecule is O=C(O)Cc1cn(Cc2noc(-c3cccs3)n2)nn1. The molecule has 8 nitrogen and oxygen atoms in total. The van der Waals surface area contributed by atoms with Crippen molar-refractivity contribution in [2.75, 3.05) is 0 Å². The molecular weight excluding hydrogens is 282 g/mol. The molecule has 0 aliphatic rings. The van der Waals surface area contributed by atoms with Crippen LogP contribution < -0.4 is 0 Å². The van der Waals surface area contributed by atoms with Crippen molar-refractivity contribution in [1.29, 1.82) is 0 Å². The van der Waals surface area contributed by atoms with Crippen LogP contribution in [0.5, 0.6) is 0 Å². The van der Waals surface area contributed by atoms with Crippen LogP contribution in [0.4, 0.5) is 0 Å². The fraction of sp³-hybridized carbons (Fsp3) is 0.182. The second-order valence-corrected chi connectivity index (χ2v) is 4.92. The van der Waals surface area contributed by atoms with E-state index in [0.717, 1.165) is 4.88 Å². The average Bonchev–Trinajstić information content (AvgIpc) is 3.09. The lowest BCUT2D eigenvalue weighted by atomic mass is 10.3. The average molecular weight is 291 g/mol. The summed E-state index contributed by atoms with van der Waals surface area (Å²) in [4.78, 5) is 15.7. The van der Waals surface area contributed by atoms with Crippen LogP contribution in [-0.4, -0.2) is 36.2 Å². The van der Waals surface area contributed by atoms with Crippen molar-refractivity contribution >= 4 is 17.3 Å². The number of rotatable bonds is 5. The molecule has 3 rings (SSSR count). The van der Waals surface area contributed by atoms with Gasteiger partial charge in [0.15, 0.2) is 5.82 Å². The first-order valence-corrected chi connectivity index (χ1v) is 6.56. The molecule has 0 spiro atoms. The van der Waals surface area contributed by atoms with Crippen LogP contribution in [0.25, 0.3) is 10.8 Å². The van der Waals surface area contributed by atoms with E-state index in [4.69, 9.17) is 9.63 Å². The molecule has 0 unspecified atom stereocenters. The maximum Gasteiger partial charge on any atom is 0.309 e. The monoisotopic (exact) mass is 291 g/mol. The highest BCUT2D eigenvalue weighted by Gasteiger charge is 2.11. The standard InChI is InChI=1S/C11H9N5O3S/c17-10(18)4-7-5-16(15-13-7)6-9-12-11(19-14-9)8-2-1-3-20-8/h1-3,5H,4,6H2,(H,17,18). The second kappa shape index (κ2) is 5.21. The molecule has 0 aliphatic carbocycles. The van der Waals surface area contributed by atoms with Gasteiger partial charge in [-0.3, -0.25) is 4.79 Å². The van der Waals surface area contributed by atoms with E-state index in [2.05, 4.69) is 20.5 Å². The Balaban J connectivity index is 1.72. The van der Waals surface area contributed by atoms with Gasteiger partial charge in [0, 0.05) is 6.20 Å². The fourth-order valence-corrected chi connectivity index (χ4v) is 2.26. The molecule has 102 valence electrons. The summed E-state index contributed by atoms with van der Waals surface area (Å²) in [6.45, 7) is 0.279. The Hall–Kier alpha value is -2.55. The maximum atomic E-state index is 10.6. The minimum absolute atomic E-state index is 0.160. The van der Waals surface area contributed by atoms with Crippen LogP contribution in [0.1, 0.15) is 11.5 Å². The van der Waals surface area contributed by atoms with Crippen molar-refractivity contribution in [2.24, 2.45) is 0 Å². The molecule has 3 aromatic rings. The van der Waals surface area contributed by atoms with Crippen LogP contribution in [0, 0.1) is 0 Å². The number of hydrogen-bond donors (Lipinski definition) is 1. The first-order chi connectivity index (χ1) is 9.70. The van der Waals surface area contributed by atoms with Crippen LogP contribution in [0.2, 0.25) is 0 Å². The summed E-state index contributed by atoms with van der Waals surface area (Å²) in [5.41, 5.74) is 0.388. The van der Waals surface area contributed by atoms with E-state index in [1.54, 1.807) is 6.20 Å². The summed E-state index contributed by atoms with van der Waals surface area (Å²) in [6, 6.07) is 3.79. The number of carboxylic acids is 1. The van der Waals surface area contributed by atoms with Crippen molar-refractivity contribution in [3.05, 3.63) is 35.2 Å². The number of hydrogen-bond acceptors (Lipinski definition) is 7. The van der Waals surface area contributed by atoms with Gasteiger partial charge in [-0.15, -0.1) is 16.4 Å². The lowest BCUT2D eigenvalue weighted by molar-refractivity contribution is -0.136. The first kappa shape index (κ1) is 12.5. The number of carbonyl (C=O) groups is 1. The van der Waals surface area contributed by atoms with E-state index in [9.17, 15) is 4.79 Å². The summed E-state index contributed by atoms with van der Waals surface area (Å²) in [5.74, 6) is -0.0300. The van der Waals surface area contributed by atoms with Crippen molar-refractivity contribution in [3.8, 4) is 10.8 Å². The molecular formula is C11H9N5O3S. The van der Waals surface area contributed by atoms with Gasteiger partial charge in [-0.25, -0.2) is 4.68 Å². The van der Waals surface area contributed by atoms with Crippen LogP contribution in [0.15, 0.2) is 28.2 Å². The van der Waals surface area contributed by atoms with Gasteiger partial charge >= 0.3 is 5.97 Å². The molecule has 0 bridgehead atoms. The summed E-state index contributed by atoms with van der Waals surface area (Å²) >= 11 is 1.51. The molecule has 0 saturated carbocycles. The van der Waals surface area contributed by atoms with E-state index in [1.165, 1.54) is 16.0 Å². The molecule has 0 radical (unpaired) electrons. The number of aromatic nitrogens is 5. The van der Waals surface area contributed by atoms with E-state index in [-0.39, 0.29) is 13.0 Å². The third-order valence-corrected chi connectivity index (χ3v) is 3.28. The number of aliphatic carboxylic acids is 1. The van der Waals surface area contributed by atoms with Gasteiger partial charge in [-0.2, -0.15) is 4.98 Å². The maximum absolute atomic E-state index is 10.6. The topological polar surface area (TPSA) is 107 Å². The summed E-state index contributed by atoms with van der Waals surface area (Å²) in [6.07, 6.45) is 1.39. The van der Waals surface area contributed by atoms with Crippen molar-refractivity contribution in [2.45, 2.75) is 13.0 Å². The normalized spacial score (nSPS) is 10.8. The Labute approximate surface area is 116 Å². The van der Waals surface area contributed by atoms with Crippen LogP contribution >= 0.6 is 11.3 Å². The summed E-state index contributed by atoms with van der Waals surface area (Å²) < 4.78 is 6.62. The van der Waals surface area contributed by atoms with Gasteiger partial charge < -0.3 is 9.63 Å². The number of nitrogens with zero attached hydrogens (tertiary/aromatic N) is 5. The Bertz CT molecular complexity index is 718. The molecule has 0 fully saturated rings. The Morgan fingerprint density at radius 3 is 3.15 bits per heavy atom. The molecule has 0 amide bonds.